The van der Waals surface area contributed by atoms with Crippen LogP contribution in [-0.2, 0) is 10.0 Å². The zero-order valence-corrected chi connectivity index (χ0v) is 10.8. The summed E-state index contributed by atoms with van der Waals surface area (Å²) in [5.74, 6) is -0.711. The summed E-state index contributed by atoms with van der Waals surface area (Å²) in [6.45, 7) is 1.68. The third-order valence-electron chi connectivity index (χ3n) is 3.02. The molecule has 2 N–H and O–H groups in total. The minimum Gasteiger partial charge on any atom is -0.317 e. The minimum absolute atomic E-state index is 0.121. The number of halogens is 1. The summed E-state index contributed by atoms with van der Waals surface area (Å²) in [5.41, 5.74) is 0. The molecule has 1 atom stereocenters. The van der Waals surface area contributed by atoms with Crippen molar-refractivity contribution < 1.29 is 12.8 Å². The van der Waals surface area contributed by atoms with E-state index >= 15 is 0 Å². The Bertz CT molecular complexity index is 497. The van der Waals surface area contributed by atoms with Crippen LogP contribution in [0.5, 0.6) is 0 Å². The average molecular weight is 272 g/mol. The lowest BCUT2D eigenvalue weighted by atomic mass is 10.1. The number of benzene rings is 1. The lowest BCUT2D eigenvalue weighted by Crippen LogP contribution is -2.35. The fourth-order valence-electron chi connectivity index (χ4n) is 2.08. The predicted octanol–water partition coefficient (Wildman–Crippen LogP) is 1.25. The molecule has 0 aliphatic carbocycles. The first-order valence-electron chi connectivity index (χ1n) is 6.07. The molecule has 0 radical (unpaired) electrons. The van der Waals surface area contributed by atoms with Crippen LogP contribution >= 0.6 is 0 Å². The smallest absolute Gasteiger partial charge is 0.243 e. The van der Waals surface area contributed by atoms with Gasteiger partial charge in [-0.15, -0.1) is 0 Å². The van der Waals surface area contributed by atoms with Gasteiger partial charge in [-0.05, 0) is 44.5 Å². The van der Waals surface area contributed by atoms with Crippen molar-refractivity contribution in [3.05, 3.63) is 30.1 Å². The summed E-state index contributed by atoms with van der Waals surface area (Å²) in [4.78, 5) is -0.276. The van der Waals surface area contributed by atoms with Crippen LogP contribution in [-0.4, -0.2) is 27.5 Å². The monoisotopic (exact) mass is 272 g/mol. The van der Waals surface area contributed by atoms with Gasteiger partial charge >= 0.3 is 0 Å². The molecule has 1 unspecified atom stereocenters. The van der Waals surface area contributed by atoms with Crippen molar-refractivity contribution in [3.8, 4) is 0 Å². The third-order valence-corrected chi connectivity index (χ3v) is 4.58. The molecule has 1 aliphatic rings. The van der Waals surface area contributed by atoms with Crippen LogP contribution in [0.2, 0.25) is 0 Å². The topological polar surface area (TPSA) is 58.2 Å². The number of hydrogen-bond donors (Lipinski definition) is 2. The van der Waals surface area contributed by atoms with Gasteiger partial charge in [-0.3, -0.25) is 0 Å². The molecule has 1 saturated heterocycles. The van der Waals surface area contributed by atoms with Gasteiger partial charge < -0.3 is 5.32 Å². The first kappa shape index (κ1) is 13.5. The Kier molecular flexibility index (Phi) is 4.31. The van der Waals surface area contributed by atoms with E-state index in [-0.39, 0.29) is 10.9 Å². The normalized spacial score (nSPS) is 21.5. The summed E-state index contributed by atoms with van der Waals surface area (Å²) < 4.78 is 40.2. The molecule has 4 nitrogen and oxygen atoms in total. The Morgan fingerprint density at radius 1 is 1.22 bits per heavy atom. The van der Waals surface area contributed by atoms with E-state index in [2.05, 4.69) is 10.0 Å². The first-order valence-corrected chi connectivity index (χ1v) is 7.55. The van der Waals surface area contributed by atoms with Gasteiger partial charge in [0.05, 0.1) is 0 Å². The highest BCUT2D eigenvalue weighted by molar-refractivity contribution is 7.89. The average Bonchev–Trinajstić information content (AvgIpc) is 2.57. The maximum absolute atomic E-state index is 13.5. The van der Waals surface area contributed by atoms with Crippen LogP contribution < -0.4 is 10.0 Å². The molecule has 0 bridgehead atoms. The van der Waals surface area contributed by atoms with Gasteiger partial charge in [0, 0.05) is 6.04 Å². The van der Waals surface area contributed by atoms with Crippen LogP contribution in [0.3, 0.4) is 0 Å². The van der Waals surface area contributed by atoms with Crippen molar-refractivity contribution in [1.29, 1.82) is 0 Å². The molecule has 0 aromatic heterocycles. The van der Waals surface area contributed by atoms with E-state index < -0.39 is 15.8 Å². The van der Waals surface area contributed by atoms with Gasteiger partial charge in [0.2, 0.25) is 10.0 Å². The van der Waals surface area contributed by atoms with Crippen molar-refractivity contribution in [3.63, 3.8) is 0 Å². The molecule has 0 amide bonds. The van der Waals surface area contributed by atoms with Gasteiger partial charge in [-0.2, -0.15) is 0 Å². The van der Waals surface area contributed by atoms with Crippen molar-refractivity contribution >= 4 is 10.0 Å². The molecule has 1 aromatic rings. The van der Waals surface area contributed by atoms with Gasteiger partial charge in [0.1, 0.15) is 10.7 Å². The van der Waals surface area contributed by atoms with Gasteiger partial charge in [-0.1, -0.05) is 12.1 Å². The molecule has 1 fully saturated rings. The quantitative estimate of drug-likeness (QED) is 0.870. The Hall–Kier alpha value is -0.980. The number of sulfonamides is 1. The fraction of sp³-hybridized carbons (Fsp3) is 0.500. The predicted molar refractivity (Wildman–Crippen MR) is 67.2 cm³/mol. The zero-order valence-electron chi connectivity index (χ0n) is 10.0. The Morgan fingerprint density at radius 2 is 2.00 bits per heavy atom. The molecule has 1 heterocycles. The second-order valence-corrected chi connectivity index (χ2v) is 6.11. The lowest BCUT2D eigenvalue weighted by Gasteiger charge is -2.16. The molecule has 0 spiro atoms. The van der Waals surface area contributed by atoms with Gasteiger partial charge in [-0.25, -0.2) is 17.5 Å². The Labute approximate surface area is 107 Å². The molecule has 0 saturated carbocycles. The largest absolute Gasteiger partial charge is 0.317 e. The zero-order chi connectivity index (χ0) is 13.0. The maximum Gasteiger partial charge on any atom is 0.243 e. The summed E-state index contributed by atoms with van der Waals surface area (Å²) in [6, 6.07) is 5.32. The molecular formula is C12H17FN2O2S. The standard InChI is InChI=1S/C12H17FN2O2S/c13-11-5-1-2-6-12(11)18(16,17)15-10-4-3-8-14-9-7-10/h1-2,5-6,10,14-15H,3-4,7-9H2. The van der Waals surface area contributed by atoms with Gasteiger partial charge in [0.25, 0.3) is 0 Å². The van der Waals surface area contributed by atoms with Crippen LogP contribution in [0, 0.1) is 5.82 Å². The van der Waals surface area contributed by atoms with Crippen LogP contribution in [0.15, 0.2) is 29.2 Å². The number of nitrogens with one attached hydrogen (secondary N) is 2. The van der Waals surface area contributed by atoms with Crippen LogP contribution in [0.25, 0.3) is 0 Å². The van der Waals surface area contributed by atoms with E-state index in [0.717, 1.165) is 38.4 Å². The second kappa shape index (κ2) is 5.77. The molecule has 1 aliphatic heterocycles. The highest BCUT2D eigenvalue weighted by atomic mass is 32.2. The minimum atomic E-state index is -3.76. The lowest BCUT2D eigenvalue weighted by molar-refractivity contribution is 0.510. The van der Waals surface area contributed by atoms with E-state index in [1.807, 2.05) is 0 Å². The summed E-state index contributed by atoms with van der Waals surface area (Å²) in [7, 11) is -3.76. The van der Waals surface area contributed by atoms with E-state index in [1.165, 1.54) is 18.2 Å². The summed E-state index contributed by atoms with van der Waals surface area (Å²) >= 11 is 0. The molecule has 1 aromatic carbocycles. The summed E-state index contributed by atoms with van der Waals surface area (Å²) in [6.07, 6.45) is 2.43. The Morgan fingerprint density at radius 3 is 2.78 bits per heavy atom. The van der Waals surface area contributed by atoms with E-state index in [9.17, 15) is 12.8 Å². The fourth-order valence-corrected chi connectivity index (χ4v) is 3.47. The highest BCUT2D eigenvalue weighted by Crippen LogP contribution is 2.15. The molecule has 2 rings (SSSR count). The SMILES string of the molecule is O=S(=O)(NC1CCCNCC1)c1ccccc1F. The van der Waals surface area contributed by atoms with Crippen molar-refractivity contribution in [1.82, 2.24) is 10.0 Å². The van der Waals surface area contributed by atoms with Gasteiger partial charge in [0.15, 0.2) is 0 Å². The van der Waals surface area contributed by atoms with E-state index in [1.54, 1.807) is 0 Å². The van der Waals surface area contributed by atoms with E-state index in [4.69, 9.17) is 0 Å². The van der Waals surface area contributed by atoms with Crippen molar-refractivity contribution in [2.45, 2.75) is 30.2 Å². The third kappa shape index (κ3) is 3.28. The number of hydrogen-bond acceptors (Lipinski definition) is 3. The molecular weight excluding hydrogens is 255 g/mol. The van der Waals surface area contributed by atoms with Crippen molar-refractivity contribution in [2.75, 3.05) is 13.1 Å². The maximum atomic E-state index is 13.5. The highest BCUT2D eigenvalue weighted by Gasteiger charge is 2.23. The summed E-state index contributed by atoms with van der Waals surface area (Å²) in [5, 5.41) is 3.21. The van der Waals surface area contributed by atoms with Crippen LogP contribution in [0.1, 0.15) is 19.3 Å². The Balaban J connectivity index is 2.14. The van der Waals surface area contributed by atoms with E-state index in [0.29, 0.717) is 0 Å². The first-order chi connectivity index (χ1) is 8.59. The second-order valence-electron chi connectivity index (χ2n) is 4.43. The number of rotatable bonds is 3. The van der Waals surface area contributed by atoms with Crippen LogP contribution in [0.4, 0.5) is 4.39 Å². The van der Waals surface area contributed by atoms with Crippen molar-refractivity contribution in [2.24, 2.45) is 0 Å². The molecule has 18 heavy (non-hydrogen) atoms. The molecule has 100 valence electrons. The molecule has 6 heteroatoms.